The quantitative estimate of drug-likeness (QED) is 0.758. The Morgan fingerprint density at radius 2 is 1.92 bits per heavy atom. The largest absolute Gasteiger partial charge is 0.369 e. The fourth-order valence-electron chi connectivity index (χ4n) is 2.89. The van der Waals surface area contributed by atoms with Crippen molar-refractivity contribution in [3.63, 3.8) is 0 Å². The minimum Gasteiger partial charge on any atom is -0.369 e. The van der Waals surface area contributed by atoms with Gasteiger partial charge in [0.15, 0.2) is 15.7 Å². The molecular weight excluding hydrogens is 340 g/mol. The van der Waals surface area contributed by atoms with Gasteiger partial charge in [0.2, 0.25) is 0 Å². The molecule has 1 N–H and O–H groups in total. The first-order valence-electron chi connectivity index (χ1n) is 8.47. The molecule has 0 spiro atoms. The highest BCUT2D eigenvalue weighted by Gasteiger charge is 2.20. The second-order valence-electron chi connectivity index (χ2n) is 6.39. The molecular formula is C16H24N6O2S. The first-order valence-corrected chi connectivity index (χ1v) is 10.3. The number of aryl methyl sites for hydroxylation is 2. The lowest BCUT2D eigenvalue weighted by molar-refractivity contribution is 0.294. The number of nitrogens with zero attached hydrogens (tertiary/aromatic N) is 5. The molecule has 1 aliphatic heterocycles. The number of aromatic nitrogens is 4. The molecule has 3 heterocycles. The summed E-state index contributed by atoms with van der Waals surface area (Å²) in [6, 6.07) is 5.79. The van der Waals surface area contributed by atoms with E-state index in [9.17, 15) is 8.42 Å². The average molecular weight is 364 g/mol. The van der Waals surface area contributed by atoms with Crippen LogP contribution < -0.4 is 5.32 Å². The Kier molecular flexibility index (Phi) is 5.33. The average Bonchev–Trinajstić information content (AvgIpc) is 2.92. The predicted molar refractivity (Wildman–Crippen MR) is 96.8 cm³/mol. The topological polar surface area (TPSA) is 93.0 Å². The van der Waals surface area contributed by atoms with E-state index < -0.39 is 9.84 Å². The van der Waals surface area contributed by atoms with Gasteiger partial charge in [0.1, 0.15) is 5.82 Å². The summed E-state index contributed by atoms with van der Waals surface area (Å²) in [5.74, 6) is 1.98. The van der Waals surface area contributed by atoms with E-state index in [2.05, 4.69) is 25.5 Å². The zero-order valence-corrected chi connectivity index (χ0v) is 15.5. The molecule has 0 bridgehead atoms. The summed E-state index contributed by atoms with van der Waals surface area (Å²) in [5.41, 5.74) is 1.98. The maximum absolute atomic E-state index is 11.4. The van der Waals surface area contributed by atoms with E-state index >= 15 is 0 Å². The Hall–Kier alpha value is -2.00. The van der Waals surface area contributed by atoms with Gasteiger partial charge in [-0.15, -0.1) is 10.2 Å². The summed E-state index contributed by atoms with van der Waals surface area (Å²) >= 11 is 0. The van der Waals surface area contributed by atoms with Crippen molar-refractivity contribution in [3.8, 4) is 5.82 Å². The summed E-state index contributed by atoms with van der Waals surface area (Å²) in [7, 11) is -2.80. The van der Waals surface area contributed by atoms with Crippen molar-refractivity contribution in [1.82, 2.24) is 24.9 Å². The molecule has 2 aromatic rings. The van der Waals surface area contributed by atoms with Crippen LogP contribution in [-0.4, -0.2) is 71.0 Å². The highest BCUT2D eigenvalue weighted by Crippen LogP contribution is 2.10. The summed E-state index contributed by atoms with van der Waals surface area (Å²) in [4.78, 5) is 2.19. The number of hydrogen-bond donors (Lipinski definition) is 1. The van der Waals surface area contributed by atoms with Gasteiger partial charge < -0.3 is 10.2 Å². The van der Waals surface area contributed by atoms with Crippen molar-refractivity contribution < 1.29 is 8.42 Å². The van der Waals surface area contributed by atoms with Crippen LogP contribution in [0.5, 0.6) is 0 Å². The molecule has 0 radical (unpaired) electrons. The lowest BCUT2D eigenvalue weighted by atomic mass is 10.3. The summed E-state index contributed by atoms with van der Waals surface area (Å²) in [6.45, 7) is 6.88. The van der Waals surface area contributed by atoms with Crippen molar-refractivity contribution in [3.05, 3.63) is 29.6 Å². The van der Waals surface area contributed by atoms with Crippen LogP contribution in [0.2, 0.25) is 0 Å². The van der Waals surface area contributed by atoms with Gasteiger partial charge in [-0.3, -0.25) is 0 Å². The van der Waals surface area contributed by atoms with Crippen LogP contribution in [0.1, 0.15) is 17.8 Å². The van der Waals surface area contributed by atoms with E-state index in [0.717, 1.165) is 36.7 Å². The molecule has 0 aliphatic carbocycles. The molecule has 0 aromatic carbocycles. The summed E-state index contributed by atoms with van der Waals surface area (Å²) in [5, 5.41) is 16.1. The minimum atomic E-state index is -2.80. The molecule has 9 heteroatoms. The number of sulfone groups is 1. The smallest absolute Gasteiger partial charge is 0.176 e. The SMILES string of the molecule is Cc1cc(C)n(-c2ccc(NCCCN3CCS(=O)(=O)CC3)nn2)n1. The Morgan fingerprint density at radius 3 is 2.52 bits per heavy atom. The molecule has 1 fully saturated rings. The van der Waals surface area contributed by atoms with Crippen molar-refractivity contribution in [2.75, 3.05) is 43.0 Å². The minimum absolute atomic E-state index is 0.277. The third kappa shape index (κ3) is 4.76. The van der Waals surface area contributed by atoms with Crippen LogP contribution >= 0.6 is 0 Å². The van der Waals surface area contributed by atoms with Gasteiger partial charge >= 0.3 is 0 Å². The second-order valence-corrected chi connectivity index (χ2v) is 8.69. The fraction of sp³-hybridized carbons (Fsp3) is 0.562. The first-order chi connectivity index (χ1) is 11.9. The molecule has 1 saturated heterocycles. The lowest BCUT2D eigenvalue weighted by Crippen LogP contribution is -2.41. The highest BCUT2D eigenvalue weighted by atomic mass is 32.2. The molecule has 3 rings (SSSR count). The van der Waals surface area contributed by atoms with Gasteiger partial charge in [0, 0.05) is 25.3 Å². The number of hydrogen-bond acceptors (Lipinski definition) is 7. The molecule has 8 nitrogen and oxygen atoms in total. The third-order valence-corrected chi connectivity index (χ3v) is 5.88. The maximum Gasteiger partial charge on any atom is 0.176 e. The van der Waals surface area contributed by atoms with E-state index in [-0.39, 0.29) is 11.5 Å². The first kappa shape index (κ1) is 17.8. The van der Waals surface area contributed by atoms with E-state index in [1.165, 1.54) is 0 Å². The van der Waals surface area contributed by atoms with Crippen molar-refractivity contribution >= 4 is 15.7 Å². The molecule has 0 amide bonds. The Balaban J connectivity index is 1.44. The van der Waals surface area contributed by atoms with Gasteiger partial charge in [-0.2, -0.15) is 5.10 Å². The molecule has 2 aromatic heterocycles. The van der Waals surface area contributed by atoms with Crippen LogP contribution in [0.3, 0.4) is 0 Å². The number of nitrogens with one attached hydrogen (secondary N) is 1. The van der Waals surface area contributed by atoms with Gasteiger partial charge in [-0.1, -0.05) is 0 Å². The van der Waals surface area contributed by atoms with E-state index in [4.69, 9.17) is 0 Å². The second kappa shape index (κ2) is 7.49. The Bertz CT molecular complexity index is 802. The van der Waals surface area contributed by atoms with Gasteiger partial charge in [-0.25, -0.2) is 13.1 Å². The van der Waals surface area contributed by atoms with Gasteiger partial charge in [-0.05, 0) is 45.0 Å². The van der Waals surface area contributed by atoms with Crippen LogP contribution in [0, 0.1) is 13.8 Å². The van der Waals surface area contributed by atoms with E-state index in [0.29, 0.717) is 18.9 Å². The van der Waals surface area contributed by atoms with Crippen LogP contribution in [0.4, 0.5) is 5.82 Å². The Morgan fingerprint density at radius 1 is 1.16 bits per heavy atom. The zero-order chi connectivity index (χ0) is 17.9. The number of anilines is 1. The van der Waals surface area contributed by atoms with E-state index in [1.807, 2.05) is 32.0 Å². The third-order valence-electron chi connectivity index (χ3n) is 4.27. The summed E-state index contributed by atoms with van der Waals surface area (Å²) in [6.07, 6.45) is 0.931. The highest BCUT2D eigenvalue weighted by molar-refractivity contribution is 7.91. The van der Waals surface area contributed by atoms with Crippen molar-refractivity contribution in [2.24, 2.45) is 0 Å². The molecule has 136 valence electrons. The molecule has 25 heavy (non-hydrogen) atoms. The molecule has 0 unspecified atom stereocenters. The zero-order valence-electron chi connectivity index (χ0n) is 14.6. The van der Waals surface area contributed by atoms with Gasteiger partial charge in [0.25, 0.3) is 0 Å². The van der Waals surface area contributed by atoms with Crippen LogP contribution in [-0.2, 0) is 9.84 Å². The summed E-state index contributed by atoms with van der Waals surface area (Å²) < 4.78 is 24.6. The maximum atomic E-state index is 11.4. The normalized spacial score (nSPS) is 17.5. The van der Waals surface area contributed by atoms with Crippen molar-refractivity contribution in [1.29, 1.82) is 0 Å². The molecule has 0 saturated carbocycles. The predicted octanol–water partition coefficient (Wildman–Crippen LogP) is 0.812. The number of rotatable bonds is 6. The standard InChI is InChI=1S/C16H24N6O2S/c1-13-12-14(2)22(20-13)16-5-4-15(18-19-16)17-6-3-7-21-8-10-25(23,24)11-9-21/h4-5,12H,3,6-11H2,1-2H3,(H,17,18). The molecule has 1 aliphatic rings. The van der Waals surface area contributed by atoms with Gasteiger partial charge in [0.05, 0.1) is 17.2 Å². The van der Waals surface area contributed by atoms with Crippen LogP contribution in [0.25, 0.3) is 5.82 Å². The lowest BCUT2D eigenvalue weighted by Gasteiger charge is -2.26. The monoisotopic (exact) mass is 364 g/mol. The fourth-order valence-corrected chi connectivity index (χ4v) is 4.16. The van der Waals surface area contributed by atoms with E-state index in [1.54, 1.807) is 4.68 Å². The Labute approximate surface area is 148 Å². The molecule has 0 atom stereocenters. The van der Waals surface area contributed by atoms with Crippen LogP contribution in [0.15, 0.2) is 18.2 Å². The van der Waals surface area contributed by atoms with Crippen molar-refractivity contribution in [2.45, 2.75) is 20.3 Å².